The van der Waals surface area contributed by atoms with Gasteiger partial charge in [0.2, 0.25) is 0 Å². The summed E-state index contributed by atoms with van der Waals surface area (Å²) in [6.07, 6.45) is 2.77. The van der Waals surface area contributed by atoms with Crippen LogP contribution in [0.1, 0.15) is 33.6 Å². The number of nitrogens with one attached hydrogen (secondary N) is 1. The van der Waals surface area contributed by atoms with Crippen molar-refractivity contribution in [1.82, 2.24) is 10.2 Å². The molecule has 1 saturated carbocycles. The molecule has 0 amide bonds. The third-order valence-electron chi connectivity index (χ3n) is 4.15. The van der Waals surface area contributed by atoms with E-state index in [1.54, 1.807) is 0 Å². The molecule has 82 valence electrons. The second-order valence-electron chi connectivity index (χ2n) is 6.09. The Morgan fingerprint density at radius 1 is 1.21 bits per heavy atom. The van der Waals surface area contributed by atoms with Crippen molar-refractivity contribution in [3.05, 3.63) is 0 Å². The average Bonchev–Trinajstić information content (AvgIpc) is 2.20. The lowest BCUT2D eigenvalue weighted by Gasteiger charge is -2.41. The summed E-state index contributed by atoms with van der Waals surface area (Å²) < 4.78 is 0. The number of likely N-dealkylation sites (N-methyl/N-ethyl adjacent to an activating group) is 1. The Morgan fingerprint density at radius 2 is 1.86 bits per heavy atom. The molecular formula is C12H24N2. The van der Waals surface area contributed by atoms with E-state index in [1.807, 2.05) is 0 Å². The first-order chi connectivity index (χ1) is 6.49. The highest BCUT2D eigenvalue weighted by Crippen LogP contribution is 2.43. The first-order valence-electron chi connectivity index (χ1n) is 5.92. The monoisotopic (exact) mass is 196 g/mol. The Kier molecular flexibility index (Phi) is 2.61. The van der Waals surface area contributed by atoms with Crippen LogP contribution in [0.3, 0.4) is 0 Å². The van der Waals surface area contributed by atoms with E-state index >= 15 is 0 Å². The van der Waals surface area contributed by atoms with Gasteiger partial charge in [-0.3, -0.25) is 4.90 Å². The topological polar surface area (TPSA) is 15.3 Å². The summed E-state index contributed by atoms with van der Waals surface area (Å²) in [5.74, 6) is 0.871. The number of hydrogen-bond donors (Lipinski definition) is 1. The molecule has 2 atom stereocenters. The molecule has 2 aliphatic rings. The van der Waals surface area contributed by atoms with Crippen molar-refractivity contribution in [1.29, 1.82) is 0 Å². The zero-order valence-corrected chi connectivity index (χ0v) is 10.0. The second kappa shape index (κ2) is 3.49. The number of rotatable bonds is 2. The van der Waals surface area contributed by atoms with E-state index in [9.17, 15) is 0 Å². The first-order valence-corrected chi connectivity index (χ1v) is 5.92. The van der Waals surface area contributed by atoms with Gasteiger partial charge in [0.05, 0.1) is 0 Å². The summed E-state index contributed by atoms with van der Waals surface area (Å²) >= 11 is 0. The van der Waals surface area contributed by atoms with Gasteiger partial charge in [0, 0.05) is 25.2 Å². The zero-order valence-electron chi connectivity index (χ0n) is 10.0. The van der Waals surface area contributed by atoms with Crippen LogP contribution in [0.2, 0.25) is 0 Å². The Morgan fingerprint density at radius 3 is 2.21 bits per heavy atom. The molecule has 2 nitrogen and oxygen atoms in total. The highest BCUT2D eigenvalue weighted by Gasteiger charge is 2.41. The van der Waals surface area contributed by atoms with Crippen molar-refractivity contribution in [2.75, 3.05) is 20.1 Å². The average molecular weight is 196 g/mol. The zero-order chi connectivity index (χ0) is 10.3. The van der Waals surface area contributed by atoms with E-state index in [-0.39, 0.29) is 0 Å². The molecule has 1 heterocycles. The van der Waals surface area contributed by atoms with Gasteiger partial charge >= 0.3 is 0 Å². The lowest BCUT2D eigenvalue weighted by molar-refractivity contribution is 0.105. The molecule has 2 unspecified atom stereocenters. The predicted octanol–water partition coefficient (Wildman–Crippen LogP) is 1.71. The molecule has 2 heteroatoms. The van der Waals surface area contributed by atoms with Gasteiger partial charge in [0.1, 0.15) is 0 Å². The van der Waals surface area contributed by atoms with Crippen LogP contribution in [0.5, 0.6) is 0 Å². The van der Waals surface area contributed by atoms with Crippen LogP contribution in [-0.2, 0) is 0 Å². The second-order valence-corrected chi connectivity index (χ2v) is 6.09. The largest absolute Gasteiger partial charge is 0.314 e. The Bertz CT molecular complexity index is 208. The van der Waals surface area contributed by atoms with E-state index in [0.29, 0.717) is 5.41 Å². The molecule has 14 heavy (non-hydrogen) atoms. The van der Waals surface area contributed by atoms with E-state index in [4.69, 9.17) is 0 Å². The van der Waals surface area contributed by atoms with Crippen molar-refractivity contribution in [3.8, 4) is 0 Å². The lowest BCUT2D eigenvalue weighted by Crippen LogP contribution is -2.59. The quantitative estimate of drug-likeness (QED) is 0.723. The third-order valence-corrected chi connectivity index (χ3v) is 4.15. The summed E-state index contributed by atoms with van der Waals surface area (Å²) in [5.41, 5.74) is 0.565. The van der Waals surface area contributed by atoms with Gasteiger partial charge in [-0.25, -0.2) is 0 Å². The molecule has 0 aromatic carbocycles. The van der Waals surface area contributed by atoms with Crippen molar-refractivity contribution in [2.24, 2.45) is 11.3 Å². The molecule has 1 aliphatic heterocycles. The minimum Gasteiger partial charge on any atom is -0.314 e. The molecule has 1 aliphatic carbocycles. The molecule has 2 rings (SSSR count). The van der Waals surface area contributed by atoms with E-state index in [1.165, 1.54) is 25.9 Å². The minimum absolute atomic E-state index is 0.565. The highest BCUT2D eigenvalue weighted by atomic mass is 15.2. The van der Waals surface area contributed by atoms with Crippen LogP contribution < -0.4 is 5.32 Å². The van der Waals surface area contributed by atoms with Crippen LogP contribution >= 0.6 is 0 Å². The van der Waals surface area contributed by atoms with Gasteiger partial charge in [0.25, 0.3) is 0 Å². The predicted molar refractivity (Wildman–Crippen MR) is 60.4 cm³/mol. The van der Waals surface area contributed by atoms with E-state index in [0.717, 1.165) is 18.0 Å². The van der Waals surface area contributed by atoms with Gasteiger partial charge in [-0.2, -0.15) is 0 Å². The maximum absolute atomic E-state index is 3.36. The van der Waals surface area contributed by atoms with Crippen LogP contribution in [0.25, 0.3) is 0 Å². The molecule has 0 bridgehead atoms. The summed E-state index contributed by atoms with van der Waals surface area (Å²) in [5, 5.41) is 3.36. The SMILES string of the molecule is CC1CC(C)(C)CC1N(C)C1CNC1. The maximum atomic E-state index is 3.36. The van der Waals surface area contributed by atoms with Gasteiger partial charge in [0.15, 0.2) is 0 Å². The normalized spacial score (nSPS) is 37.5. The molecule has 1 saturated heterocycles. The Hall–Kier alpha value is -0.0800. The summed E-state index contributed by atoms with van der Waals surface area (Å²) in [6.45, 7) is 9.63. The van der Waals surface area contributed by atoms with Crippen molar-refractivity contribution < 1.29 is 0 Å². The molecule has 2 fully saturated rings. The molecule has 0 aromatic heterocycles. The highest BCUT2D eigenvalue weighted by molar-refractivity contribution is 4.96. The van der Waals surface area contributed by atoms with Crippen molar-refractivity contribution in [3.63, 3.8) is 0 Å². The molecule has 0 radical (unpaired) electrons. The fourth-order valence-corrected chi connectivity index (χ4v) is 3.24. The first kappa shape index (κ1) is 10.4. The van der Waals surface area contributed by atoms with Gasteiger partial charge in [-0.1, -0.05) is 20.8 Å². The van der Waals surface area contributed by atoms with E-state index in [2.05, 4.69) is 38.0 Å². The molecular weight excluding hydrogens is 172 g/mol. The van der Waals surface area contributed by atoms with Crippen molar-refractivity contribution >= 4 is 0 Å². The minimum atomic E-state index is 0.565. The van der Waals surface area contributed by atoms with Gasteiger partial charge in [-0.15, -0.1) is 0 Å². The fourth-order valence-electron chi connectivity index (χ4n) is 3.24. The standard InChI is InChI=1S/C12H24N2/c1-9-5-12(2,3)6-11(9)14(4)10-7-13-8-10/h9-11,13H,5-8H2,1-4H3. The Labute approximate surface area is 88.1 Å². The molecule has 0 spiro atoms. The fraction of sp³-hybridized carbons (Fsp3) is 1.00. The summed E-state index contributed by atoms with van der Waals surface area (Å²) in [4.78, 5) is 2.62. The number of nitrogens with zero attached hydrogens (tertiary/aromatic N) is 1. The van der Waals surface area contributed by atoms with Crippen molar-refractivity contribution in [2.45, 2.75) is 45.7 Å². The van der Waals surface area contributed by atoms with Gasteiger partial charge < -0.3 is 5.32 Å². The van der Waals surface area contributed by atoms with Crippen LogP contribution in [0.4, 0.5) is 0 Å². The Balaban J connectivity index is 1.96. The smallest absolute Gasteiger partial charge is 0.0345 e. The maximum Gasteiger partial charge on any atom is 0.0345 e. The summed E-state index contributed by atoms with van der Waals surface area (Å²) in [6, 6.07) is 1.62. The lowest BCUT2D eigenvalue weighted by atomic mass is 9.91. The van der Waals surface area contributed by atoms with E-state index < -0.39 is 0 Å². The van der Waals surface area contributed by atoms with Crippen LogP contribution in [-0.4, -0.2) is 37.1 Å². The van der Waals surface area contributed by atoms with Crippen LogP contribution in [0.15, 0.2) is 0 Å². The third kappa shape index (κ3) is 1.82. The van der Waals surface area contributed by atoms with Gasteiger partial charge in [-0.05, 0) is 31.2 Å². The summed E-state index contributed by atoms with van der Waals surface area (Å²) in [7, 11) is 2.31. The molecule has 0 aromatic rings. The number of hydrogen-bond acceptors (Lipinski definition) is 2. The molecule has 1 N–H and O–H groups in total. The van der Waals surface area contributed by atoms with Crippen LogP contribution in [0, 0.1) is 11.3 Å².